The Morgan fingerprint density at radius 3 is 2.85 bits per heavy atom. The van der Waals surface area contributed by atoms with Crippen LogP contribution >= 0.6 is 11.3 Å². The molecule has 0 saturated carbocycles. The first kappa shape index (κ1) is 13.8. The van der Waals surface area contributed by atoms with Crippen LogP contribution in [-0.2, 0) is 19.3 Å². The van der Waals surface area contributed by atoms with Gasteiger partial charge < -0.3 is 5.73 Å². The summed E-state index contributed by atoms with van der Waals surface area (Å²) >= 11 is 1.94. The van der Waals surface area contributed by atoms with Crippen molar-refractivity contribution in [1.29, 1.82) is 0 Å². The van der Waals surface area contributed by atoms with Crippen LogP contribution in [0, 0.1) is 0 Å². The van der Waals surface area contributed by atoms with E-state index in [0.717, 1.165) is 6.42 Å². The van der Waals surface area contributed by atoms with Gasteiger partial charge in [-0.25, -0.2) is 0 Å². The monoisotopic (exact) mass is 285 g/mol. The Labute approximate surface area is 125 Å². The SMILES string of the molecule is CCc1cccc(C(N)c2cc3c(s2)CCCCC3)c1. The lowest BCUT2D eigenvalue weighted by molar-refractivity contribution is 0.712. The van der Waals surface area contributed by atoms with Crippen molar-refractivity contribution in [3.63, 3.8) is 0 Å². The van der Waals surface area contributed by atoms with Crippen LogP contribution in [0.1, 0.15) is 58.7 Å². The molecule has 0 bridgehead atoms. The highest BCUT2D eigenvalue weighted by Crippen LogP contribution is 2.33. The number of hydrogen-bond donors (Lipinski definition) is 1. The van der Waals surface area contributed by atoms with Gasteiger partial charge in [0.15, 0.2) is 0 Å². The molecule has 2 N–H and O–H groups in total. The number of hydrogen-bond acceptors (Lipinski definition) is 2. The molecule has 1 aromatic heterocycles. The summed E-state index contributed by atoms with van der Waals surface area (Å²) in [5, 5.41) is 0. The van der Waals surface area contributed by atoms with Crippen molar-refractivity contribution in [2.45, 2.75) is 51.5 Å². The summed E-state index contributed by atoms with van der Waals surface area (Å²) in [6.45, 7) is 2.19. The molecule has 1 aromatic carbocycles. The summed E-state index contributed by atoms with van der Waals surface area (Å²) in [6, 6.07) is 11.1. The lowest BCUT2D eigenvalue weighted by atomic mass is 10.0. The van der Waals surface area contributed by atoms with E-state index in [0.29, 0.717) is 0 Å². The van der Waals surface area contributed by atoms with Gasteiger partial charge in [0, 0.05) is 9.75 Å². The van der Waals surface area contributed by atoms with Crippen LogP contribution in [0.25, 0.3) is 0 Å². The molecule has 2 aromatic rings. The third-order valence-corrected chi connectivity index (χ3v) is 5.61. The Balaban J connectivity index is 1.88. The zero-order chi connectivity index (χ0) is 13.9. The Kier molecular flexibility index (Phi) is 4.23. The van der Waals surface area contributed by atoms with E-state index < -0.39 is 0 Å². The van der Waals surface area contributed by atoms with Crippen LogP contribution in [0.15, 0.2) is 30.3 Å². The summed E-state index contributed by atoms with van der Waals surface area (Å²) in [5.41, 5.74) is 10.7. The van der Waals surface area contributed by atoms with Gasteiger partial charge in [-0.15, -0.1) is 11.3 Å². The minimum absolute atomic E-state index is 0.0402. The largest absolute Gasteiger partial charge is 0.320 e. The Bertz CT molecular complexity index is 561. The van der Waals surface area contributed by atoms with Crippen LogP contribution < -0.4 is 5.73 Å². The molecule has 0 spiro atoms. The molecule has 106 valence electrons. The van der Waals surface area contributed by atoms with Crippen molar-refractivity contribution in [2.24, 2.45) is 5.73 Å². The molecule has 0 amide bonds. The molecule has 1 heterocycles. The van der Waals surface area contributed by atoms with E-state index in [1.54, 1.807) is 10.4 Å². The van der Waals surface area contributed by atoms with Gasteiger partial charge in [-0.1, -0.05) is 37.6 Å². The number of nitrogens with two attached hydrogens (primary N) is 1. The van der Waals surface area contributed by atoms with Crippen molar-refractivity contribution in [3.8, 4) is 0 Å². The lowest BCUT2D eigenvalue weighted by Gasteiger charge is -2.11. The quantitative estimate of drug-likeness (QED) is 0.818. The van der Waals surface area contributed by atoms with Gasteiger partial charge in [-0.05, 0) is 54.9 Å². The summed E-state index contributed by atoms with van der Waals surface area (Å²) in [4.78, 5) is 2.92. The van der Waals surface area contributed by atoms with Crippen LogP contribution in [-0.4, -0.2) is 0 Å². The van der Waals surface area contributed by atoms with Gasteiger partial charge >= 0.3 is 0 Å². The van der Waals surface area contributed by atoms with Gasteiger partial charge in [-0.2, -0.15) is 0 Å². The number of thiophene rings is 1. The smallest absolute Gasteiger partial charge is 0.0646 e. The van der Waals surface area contributed by atoms with Crippen LogP contribution in [0.4, 0.5) is 0 Å². The molecule has 1 aliphatic rings. The van der Waals surface area contributed by atoms with Gasteiger partial charge in [0.25, 0.3) is 0 Å². The van der Waals surface area contributed by atoms with E-state index in [1.807, 2.05) is 11.3 Å². The summed E-state index contributed by atoms with van der Waals surface area (Å²) in [6.07, 6.45) is 7.62. The second kappa shape index (κ2) is 6.11. The highest BCUT2D eigenvalue weighted by molar-refractivity contribution is 7.12. The fourth-order valence-electron chi connectivity index (χ4n) is 3.01. The summed E-state index contributed by atoms with van der Waals surface area (Å²) < 4.78 is 0. The van der Waals surface area contributed by atoms with Crippen LogP contribution in [0.3, 0.4) is 0 Å². The topological polar surface area (TPSA) is 26.0 Å². The summed E-state index contributed by atoms with van der Waals surface area (Å²) in [7, 11) is 0. The number of aryl methyl sites for hydroxylation is 3. The molecular weight excluding hydrogens is 262 g/mol. The zero-order valence-electron chi connectivity index (χ0n) is 12.2. The van der Waals surface area contributed by atoms with Gasteiger partial charge in [0.1, 0.15) is 0 Å². The van der Waals surface area contributed by atoms with E-state index in [-0.39, 0.29) is 6.04 Å². The Morgan fingerprint density at radius 1 is 1.15 bits per heavy atom. The second-order valence-corrected chi connectivity index (χ2v) is 6.90. The third kappa shape index (κ3) is 2.82. The van der Waals surface area contributed by atoms with Crippen LogP contribution in [0.2, 0.25) is 0 Å². The molecule has 1 nitrogen and oxygen atoms in total. The molecule has 2 heteroatoms. The van der Waals surface area contributed by atoms with Crippen molar-refractivity contribution in [2.75, 3.05) is 0 Å². The standard InChI is InChI=1S/C18H23NS/c1-2-13-7-6-9-15(11-13)18(19)17-12-14-8-4-3-5-10-16(14)20-17/h6-7,9,11-12,18H,2-5,8,10,19H2,1H3. The van der Waals surface area contributed by atoms with E-state index in [9.17, 15) is 0 Å². The molecule has 1 unspecified atom stereocenters. The van der Waals surface area contributed by atoms with Crippen LogP contribution in [0.5, 0.6) is 0 Å². The first-order valence-corrected chi connectivity index (χ1v) is 8.55. The first-order chi connectivity index (χ1) is 9.78. The van der Waals surface area contributed by atoms with Gasteiger partial charge in [0.05, 0.1) is 6.04 Å². The number of benzene rings is 1. The Morgan fingerprint density at radius 2 is 2.00 bits per heavy atom. The highest BCUT2D eigenvalue weighted by Gasteiger charge is 2.17. The molecule has 1 atom stereocenters. The molecular formula is C18H23NS. The second-order valence-electron chi connectivity index (χ2n) is 5.73. The minimum Gasteiger partial charge on any atom is -0.320 e. The number of fused-ring (bicyclic) bond motifs is 1. The normalized spacial score (nSPS) is 16.5. The maximum absolute atomic E-state index is 6.50. The minimum atomic E-state index is 0.0402. The predicted octanol–water partition coefficient (Wildman–Crippen LogP) is 4.63. The van der Waals surface area contributed by atoms with Crippen molar-refractivity contribution in [1.82, 2.24) is 0 Å². The van der Waals surface area contributed by atoms with Gasteiger partial charge in [0.2, 0.25) is 0 Å². The maximum Gasteiger partial charge on any atom is 0.0646 e. The van der Waals surface area contributed by atoms with E-state index in [2.05, 4.69) is 37.3 Å². The van der Waals surface area contributed by atoms with E-state index in [1.165, 1.54) is 48.1 Å². The molecule has 0 fully saturated rings. The van der Waals surface area contributed by atoms with E-state index >= 15 is 0 Å². The third-order valence-electron chi connectivity index (χ3n) is 4.29. The van der Waals surface area contributed by atoms with E-state index in [4.69, 9.17) is 5.73 Å². The van der Waals surface area contributed by atoms with Crippen molar-refractivity contribution >= 4 is 11.3 Å². The average Bonchev–Trinajstić information content (AvgIpc) is 2.77. The first-order valence-electron chi connectivity index (χ1n) is 7.74. The average molecular weight is 285 g/mol. The molecule has 20 heavy (non-hydrogen) atoms. The fourth-order valence-corrected chi connectivity index (χ4v) is 4.30. The molecule has 0 saturated heterocycles. The predicted molar refractivity (Wildman–Crippen MR) is 87.4 cm³/mol. The highest BCUT2D eigenvalue weighted by atomic mass is 32.1. The fraction of sp³-hybridized carbons (Fsp3) is 0.444. The molecule has 0 aliphatic heterocycles. The lowest BCUT2D eigenvalue weighted by Crippen LogP contribution is -2.10. The van der Waals surface area contributed by atoms with Gasteiger partial charge in [-0.3, -0.25) is 0 Å². The van der Waals surface area contributed by atoms with Crippen molar-refractivity contribution in [3.05, 3.63) is 56.8 Å². The summed E-state index contributed by atoms with van der Waals surface area (Å²) in [5.74, 6) is 0. The Hall–Kier alpha value is -1.12. The van der Waals surface area contributed by atoms with Crippen molar-refractivity contribution < 1.29 is 0 Å². The zero-order valence-corrected chi connectivity index (χ0v) is 13.0. The number of rotatable bonds is 3. The molecule has 3 rings (SSSR count). The molecule has 0 radical (unpaired) electrons. The maximum atomic E-state index is 6.50. The molecule has 1 aliphatic carbocycles.